The van der Waals surface area contributed by atoms with Gasteiger partial charge in [-0.05, 0) is 36.4 Å². The predicted octanol–water partition coefficient (Wildman–Crippen LogP) is 4.51. The van der Waals surface area contributed by atoms with Gasteiger partial charge >= 0.3 is 0 Å². The average molecular weight is 349 g/mol. The number of para-hydroxylation sites is 1. The van der Waals surface area contributed by atoms with E-state index in [-0.39, 0.29) is 12.5 Å². The second-order valence-corrected chi connectivity index (χ2v) is 5.46. The molecule has 0 atom stereocenters. The third-order valence-corrected chi connectivity index (χ3v) is 3.51. The van der Waals surface area contributed by atoms with Crippen molar-refractivity contribution in [3.63, 3.8) is 0 Å². The van der Waals surface area contributed by atoms with Gasteiger partial charge < -0.3 is 19.5 Å². The molecule has 0 aliphatic rings. The molecule has 5 nitrogen and oxygen atoms in total. The van der Waals surface area contributed by atoms with E-state index in [1.807, 2.05) is 48.5 Å². The van der Waals surface area contributed by atoms with Crippen molar-refractivity contribution in [3.05, 3.63) is 78.9 Å². The van der Waals surface area contributed by atoms with Crippen LogP contribution >= 0.6 is 0 Å². The molecule has 0 aliphatic carbocycles. The lowest BCUT2D eigenvalue weighted by molar-refractivity contribution is -0.118. The van der Waals surface area contributed by atoms with Gasteiger partial charge in [0.25, 0.3) is 5.91 Å². The minimum atomic E-state index is -0.260. The fourth-order valence-corrected chi connectivity index (χ4v) is 2.30. The van der Waals surface area contributed by atoms with Crippen LogP contribution in [-0.2, 0) is 4.79 Å². The number of benzene rings is 3. The first-order chi connectivity index (χ1) is 12.7. The van der Waals surface area contributed by atoms with E-state index in [4.69, 9.17) is 14.2 Å². The van der Waals surface area contributed by atoms with Gasteiger partial charge in [-0.3, -0.25) is 4.79 Å². The molecule has 0 aliphatic heterocycles. The van der Waals surface area contributed by atoms with Gasteiger partial charge in [0.05, 0.1) is 7.11 Å². The van der Waals surface area contributed by atoms with Crippen LogP contribution in [0.4, 0.5) is 5.69 Å². The molecule has 3 rings (SSSR count). The minimum Gasteiger partial charge on any atom is -0.497 e. The minimum absolute atomic E-state index is 0.100. The van der Waals surface area contributed by atoms with Gasteiger partial charge in [0, 0.05) is 17.8 Å². The van der Waals surface area contributed by atoms with E-state index < -0.39 is 0 Å². The maximum absolute atomic E-state index is 12.1. The van der Waals surface area contributed by atoms with Crippen molar-refractivity contribution in [2.75, 3.05) is 19.0 Å². The Morgan fingerprint density at radius 3 is 2.31 bits per heavy atom. The number of rotatable bonds is 7. The molecule has 0 saturated heterocycles. The normalized spacial score (nSPS) is 10.0. The number of hydrogen-bond donors (Lipinski definition) is 1. The van der Waals surface area contributed by atoms with E-state index in [1.165, 1.54) is 0 Å². The third kappa shape index (κ3) is 5.01. The van der Waals surface area contributed by atoms with Crippen LogP contribution in [0.25, 0.3) is 0 Å². The number of amides is 1. The summed E-state index contributed by atoms with van der Waals surface area (Å²) in [6.07, 6.45) is 0. The maximum atomic E-state index is 12.1. The lowest BCUT2D eigenvalue weighted by atomic mass is 10.3. The van der Waals surface area contributed by atoms with Crippen LogP contribution < -0.4 is 19.5 Å². The molecule has 3 aromatic rings. The highest BCUT2D eigenvalue weighted by Gasteiger charge is 2.06. The van der Waals surface area contributed by atoms with Crippen LogP contribution in [-0.4, -0.2) is 19.6 Å². The average Bonchev–Trinajstić information content (AvgIpc) is 2.68. The monoisotopic (exact) mass is 349 g/mol. The van der Waals surface area contributed by atoms with Crippen molar-refractivity contribution in [2.24, 2.45) is 0 Å². The van der Waals surface area contributed by atoms with E-state index in [1.54, 1.807) is 37.4 Å². The Labute approximate surface area is 152 Å². The topological polar surface area (TPSA) is 56.8 Å². The summed E-state index contributed by atoms with van der Waals surface area (Å²) in [4.78, 5) is 12.1. The predicted molar refractivity (Wildman–Crippen MR) is 100 cm³/mol. The number of carbonyl (C=O) groups excluding carboxylic acids is 1. The Balaban J connectivity index is 1.56. The summed E-state index contributed by atoms with van der Waals surface area (Å²) in [5.41, 5.74) is 0.637. The largest absolute Gasteiger partial charge is 0.497 e. The Hall–Kier alpha value is -3.47. The van der Waals surface area contributed by atoms with Gasteiger partial charge in [0.15, 0.2) is 6.61 Å². The standard InChI is InChI=1S/C21H19NO4/c1-24-18-10-6-11-19(14-18)25-15-21(23)22-16-7-5-12-20(13-16)26-17-8-3-2-4-9-17/h2-14H,15H2,1H3,(H,22,23). The lowest BCUT2D eigenvalue weighted by Gasteiger charge is -2.10. The molecule has 0 bridgehead atoms. The molecule has 0 fully saturated rings. The van der Waals surface area contributed by atoms with E-state index in [9.17, 15) is 4.79 Å². The zero-order valence-electron chi connectivity index (χ0n) is 14.3. The molecule has 0 aromatic heterocycles. The summed E-state index contributed by atoms with van der Waals surface area (Å²) in [5.74, 6) is 2.36. The van der Waals surface area contributed by atoms with E-state index in [0.29, 0.717) is 22.9 Å². The fraction of sp³-hybridized carbons (Fsp3) is 0.0952. The quantitative estimate of drug-likeness (QED) is 0.682. The summed E-state index contributed by atoms with van der Waals surface area (Å²) in [7, 11) is 1.58. The lowest BCUT2D eigenvalue weighted by Crippen LogP contribution is -2.20. The zero-order valence-corrected chi connectivity index (χ0v) is 14.3. The second-order valence-electron chi connectivity index (χ2n) is 5.46. The van der Waals surface area contributed by atoms with Crippen molar-refractivity contribution >= 4 is 11.6 Å². The summed E-state index contributed by atoms with van der Waals surface area (Å²) in [5, 5.41) is 2.79. The van der Waals surface area contributed by atoms with Crippen LogP contribution in [0.3, 0.4) is 0 Å². The first-order valence-corrected chi connectivity index (χ1v) is 8.12. The molecule has 0 unspecified atom stereocenters. The molecule has 3 aromatic carbocycles. The number of ether oxygens (including phenoxy) is 3. The highest BCUT2D eigenvalue weighted by molar-refractivity contribution is 5.92. The number of nitrogens with one attached hydrogen (secondary N) is 1. The molecular formula is C21H19NO4. The van der Waals surface area contributed by atoms with Crippen molar-refractivity contribution in [3.8, 4) is 23.0 Å². The summed E-state index contributed by atoms with van der Waals surface area (Å²) < 4.78 is 16.4. The third-order valence-electron chi connectivity index (χ3n) is 3.51. The van der Waals surface area contributed by atoms with Gasteiger partial charge in [-0.25, -0.2) is 0 Å². The number of carbonyl (C=O) groups is 1. The van der Waals surface area contributed by atoms with Gasteiger partial charge in [-0.1, -0.05) is 30.3 Å². The van der Waals surface area contributed by atoms with E-state index >= 15 is 0 Å². The van der Waals surface area contributed by atoms with Crippen LogP contribution in [0.2, 0.25) is 0 Å². The van der Waals surface area contributed by atoms with E-state index in [2.05, 4.69) is 5.32 Å². The molecular weight excluding hydrogens is 330 g/mol. The van der Waals surface area contributed by atoms with Gasteiger partial charge in [0.1, 0.15) is 23.0 Å². The summed E-state index contributed by atoms with van der Waals surface area (Å²) in [6, 6.07) is 23.8. The van der Waals surface area contributed by atoms with Crippen molar-refractivity contribution < 1.29 is 19.0 Å². The molecule has 1 N–H and O–H groups in total. The van der Waals surface area contributed by atoms with Crippen molar-refractivity contribution in [1.82, 2.24) is 0 Å². The second kappa shape index (κ2) is 8.58. The number of hydrogen-bond acceptors (Lipinski definition) is 4. The van der Waals surface area contributed by atoms with E-state index in [0.717, 1.165) is 5.75 Å². The first-order valence-electron chi connectivity index (χ1n) is 8.12. The highest BCUT2D eigenvalue weighted by atomic mass is 16.5. The summed E-state index contributed by atoms with van der Waals surface area (Å²) >= 11 is 0. The van der Waals surface area contributed by atoms with Gasteiger partial charge in [-0.15, -0.1) is 0 Å². The molecule has 0 spiro atoms. The summed E-state index contributed by atoms with van der Waals surface area (Å²) in [6.45, 7) is -0.100. The molecule has 5 heteroatoms. The van der Waals surface area contributed by atoms with Crippen LogP contribution in [0.15, 0.2) is 78.9 Å². The molecule has 132 valence electrons. The first kappa shape index (κ1) is 17.4. The Bertz CT molecular complexity index is 865. The zero-order chi connectivity index (χ0) is 18.2. The SMILES string of the molecule is COc1cccc(OCC(=O)Nc2cccc(Oc3ccccc3)c2)c1. The molecule has 0 heterocycles. The van der Waals surface area contributed by atoms with Crippen molar-refractivity contribution in [2.45, 2.75) is 0 Å². The van der Waals surface area contributed by atoms with Gasteiger partial charge in [-0.2, -0.15) is 0 Å². The molecule has 26 heavy (non-hydrogen) atoms. The van der Waals surface area contributed by atoms with Crippen LogP contribution in [0.5, 0.6) is 23.0 Å². The van der Waals surface area contributed by atoms with Crippen LogP contribution in [0.1, 0.15) is 0 Å². The fourth-order valence-electron chi connectivity index (χ4n) is 2.30. The highest BCUT2D eigenvalue weighted by Crippen LogP contribution is 2.24. The number of methoxy groups -OCH3 is 1. The Kier molecular flexibility index (Phi) is 5.72. The molecule has 0 radical (unpaired) electrons. The van der Waals surface area contributed by atoms with Crippen LogP contribution in [0, 0.1) is 0 Å². The maximum Gasteiger partial charge on any atom is 0.262 e. The molecule has 1 amide bonds. The number of anilines is 1. The van der Waals surface area contributed by atoms with Gasteiger partial charge in [0.2, 0.25) is 0 Å². The molecule has 0 saturated carbocycles. The van der Waals surface area contributed by atoms with Crippen molar-refractivity contribution in [1.29, 1.82) is 0 Å². The Morgan fingerprint density at radius 1 is 0.808 bits per heavy atom. The Morgan fingerprint density at radius 2 is 1.50 bits per heavy atom. The smallest absolute Gasteiger partial charge is 0.262 e.